The van der Waals surface area contributed by atoms with Crippen molar-refractivity contribution in [3.05, 3.63) is 41.6 Å². The van der Waals surface area contributed by atoms with Gasteiger partial charge in [0.1, 0.15) is 5.82 Å². The predicted octanol–water partition coefficient (Wildman–Crippen LogP) is 2.49. The van der Waals surface area contributed by atoms with E-state index in [1.54, 1.807) is 12.1 Å². The van der Waals surface area contributed by atoms with Crippen LogP contribution in [-0.4, -0.2) is 28.9 Å². The molecule has 1 aliphatic heterocycles. The number of amides is 1. The molecular formula is C18H20N4O3. The summed E-state index contributed by atoms with van der Waals surface area (Å²) in [5.41, 5.74) is 1.40. The van der Waals surface area contributed by atoms with E-state index in [0.29, 0.717) is 18.1 Å². The van der Waals surface area contributed by atoms with Crippen LogP contribution in [-0.2, 0) is 6.54 Å². The van der Waals surface area contributed by atoms with Gasteiger partial charge in [-0.1, -0.05) is 18.9 Å². The number of ether oxygens (including phenoxy) is 2. The minimum atomic E-state index is -0.151. The zero-order valence-electron chi connectivity index (χ0n) is 13.8. The van der Waals surface area contributed by atoms with Crippen LogP contribution in [0.1, 0.15) is 41.7 Å². The van der Waals surface area contributed by atoms with Gasteiger partial charge in [0, 0.05) is 12.6 Å². The van der Waals surface area contributed by atoms with Gasteiger partial charge in [0.2, 0.25) is 6.79 Å². The first kappa shape index (κ1) is 15.7. The summed E-state index contributed by atoms with van der Waals surface area (Å²) < 4.78 is 10.7. The van der Waals surface area contributed by atoms with Gasteiger partial charge >= 0.3 is 0 Å². The van der Waals surface area contributed by atoms with Gasteiger partial charge < -0.3 is 20.1 Å². The maximum Gasteiger partial charge on any atom is 0.272 e. The standard InChI is InChI=1S/C18H20N4O3/c23-18(20-13-3-1-2-4-13)14-6-8-17(22-21-14)19-10-12-5-7-15-16(9-12)25-11-24-15/h5-9,13H,1-4,10-11H2,(H,19,22)(H,20,23). The second-order valence-electron chi connectivity index (χ2n) is 6.30. The molecular weight excluding hydrogens is 320 g/mol. The summed E-state index contributed by atoms with van der Waals surface area (Å²) in [7, 11) is 0. The van der Waals surface area contributed by atoms with Crippen molar-refractivity contribution < 1.29 is 14.3 Å². The number of hydrogen-bond donors (Lipinski definition) is 2. The van der Waals surface area contributed by atoms with Crippen molar-refractivity contribution in [1.82, 2.24) is 15.5 Å². The van der Waals surface area contributed by atoms with Gasteiger partial charge in [0.25, 0.3) is 5.91 Å². The topological polar surface area (TPSA) is 85.4 Å². The zero-order chi connectivity index (χ0) is 17.1. The van der Waals surface area contributed by atoms with Crippen molar-refractivity contribution in [2.24, 2.45) is 0 Å². The van der Waals surface area contributed by atoms with E-state index in [0.717, 1.165) is 29.9 Å². The molecule has 1 aliphatic carbocycles. The number of benzene rings is 1. The number of fused-ring (bicyclic) bond motifs is 1. The van der Waals surface area contributed by atoms with Gasteiger partial charge in [-0.2, -0.15) is 0 Å². The van der Waals surface area contributed by atoms with Crippen molar-refractivity contribution in [2.45, 2.75) is 38.3 Å². The quantitative estimate of drug-likeness (QED) is 0.870. The smallest absolute Gasteiger partial charge is 0.272 e. The van der Waals surface area contributed by atoms with Crippen molar-refractivity contribution >= 4 is 11.7 Å². The summed E-state index contributed by atoms with van der Waals surface area (Å²) in [6.45, 7) is 0.848. The van der Waals surface area contributed by atoms with Gasteiger partial charge in [-0.05, 0) is 42.7 Å². The molecule has 130 valence electrons. The number of anilines is 1. The second kappa shape index (κ2) is 6.96. The molecule has 1 aromatic heterocycles. The lowest BCUT2D eigenvalue weighted by Crippen LogP contribution is -2.33. The van der Waals surface area contributed by atoms with Gasteiger partial charge in [-0.25, -0.2) is 0 Å². The highest BCUT2D eigenvalue weighted by atomic mass is 16.7. The number of rotatable bonds is 5. The summed E-state index contributed by atoms with van der Waals surface area (Å²) in [6.07, 6.45) is 4.46. The number of carbonyl (C=O) groups is 1. The maximum absolute atomic E-state index is 12.1. The second-order valence-corrected chi connectivity index (χ2v) is 6.30. The molecule has 0 spiro atoms. The highest BCUT2D eigenvalue weighted by Crippen LogP contribution is 2.32. The van der Waals surface area contributed by atoms with Crippen molar-refractivity contribution in [3.8, 4) is 11.5 Å². The number of carbonyl (C=O) groups excluding carboxylic acids is 1. The lowest BCUT2D eigenvalue weighted by atomic mass is 10.2. The molecule has 25 heavy (non-hydrogen) atoms. The van der Waals surface area contributed by atoms with E-state index < -0.39 is 0 Å². The van der Waals surface area contributed by atoms with Crippen molar-refractivity contribution in [2.75, 3.05) is 12.1 Å². The van der Waals surface area contributed by atoms with Crippen molar-refractivity contribution in [3.63, 3.8) is 0 Å². The number of hydrogen-bond acceptors (Lipinski definition) is 6. The Bertz CT molecular complexity index is 757. The molecule has 1 amide bonds. The minimum absolute atomic E-state index is 0.151. The number of nitrogens with zero attached hydrogens (tertiary/aromatic N) is 2. The molecule has 0 atom stereocenters. The first-order valence-corrected chi connectivity index (χ1v) is 8.55. The van der Waals surface area contributed by atoms with Gasteiger partial charge in [0.05, 0.1) is 0 Å². The first-order chi connectivity index (χ1) is 12.3. The van der Waals surface area contributed by atoms with E-state index in [1.165, 1.54) is 12.8 Å². The molecule has 2 aromatic rings. The first-order valence-electron chi connectivity index (χ1n) is 8.55. The molecule has 2 aliphatic rings. The van der Waals surface area contributed by atoms with E-state index in [9.17, 15) is 4.79 Å². The van der Waals surface area contributed by atoms with Crippen LogP contribution in [0.15, 0.2) is 30.3 Å². The molecule has 0 radical (unpaired) electrons. The Morgan fingerprint density at radius 3 is 2.72 bits per heavy atom. The Kier molecular flexibility index (Phi) is 4.37. The normalized spacial score (nSPS) is 16.0. The summed E-state index contributed by atoms with van der Waals surface area (Å²) in [4.78, 5) is 12.1. The van der Waals surface area contributed by atoms with Crippen LogP contribution in [0, 0.1) is 0 Å². The number of nitrogens with one attached hydrogen (secondary N) is 2. The van der Waals surface area contributed by atoms with Crippen molar-refractivity contribution in [1.29, 1.82) is 0 Å². The number of aromatic nitrogens is 2. The van der Waals surface area contributed by atoms with Gasteiger partial charge in [0.15, 0.2) is 17.2 Å². The van der Waals surface area contributed by atoms with Crippen LogP contribution in [0.4, 0.5) is 5.82 Å². The summed E-state index contributed by atoms with van der Waals surface area (Å²) >= 11 is 0. The van der Waals surface area contributed by atoms with Crippen LogP contribution in [0.2, 0.25) is 0 Å². The molecule has 0 saturated heterocycles. The van der Waals surface area contributed by atoms with E-state index in [1.807, 2.05) is 18.2 Å². The van der Waals surface area contributed by atoms with Crippen LogP contribution in [0.25, 0.3) is 0 Å². The molecule has 0 unspecified atom stereocenters. The third-order valence-electron chi connectivity index (χ3n) is 4.50. The maximum atomic E-state index is 12.1. The Morgan fingerprint density at radius 2 is 1.92 bits per heavy atom. The third kappa shape index (κ3) is 3.65. The van der Waals surface area contributed by atoms with E-state index in [2.05, 4.69) is 20.8 Å². The molecule has 7 heteroatoms. The SMILES string of the molecule is O=C(NC1CCCC1)c1ccc(NCc2ccc3c(c2)OCO3)nn1. The van der Waals surface area contributed by atoms with E-state index >= 15 is 0 Å². The van der Waals surface area contributed by atoms with E-state index in [-0.39, 0.29) is 18.7 Å². The van der Waals surface area contributed by atoms with Gasteiger partial charge in [-0.15, -0.1) is 10.2 Å². The molecule has 2 heterocycles. The third-order valence-corrected chi connectivity index (χ3v) is 4.50. The fraction of sp³-hybridized carbons (Fsp3) is 0.389. The molecule has 4 rings (SSSR count). The van der Waals surface area contributed by atoms with Crippen LogP contribution < -0.4 is 20.1 Å². The predicted molar refractivity (Wildman–Crippen MR) is 91.6 cm³/mol. The lowest BCUT2D eigenvalue weighted by molar-refractivity contribution is 0.0932. The zero-order valence-corrected chi connectivity index (χ0v) is 13.8. The molecule has 7 nitrogen and oxygen atoms in total. The highest BCUT2D eigenvalue weighted by Gasteiger charge is 2.19. The average Bonchev–Trinajstić information content (AvgIpc) is 3.31. The van der Waals surface area contributed by atoms with E-state index in [4.69, 9.17) is 9.47 Å². The molecule has 0 bridgehead atoms. The lowest BCUT2D eigenvalue weighted by Gasteiger charge is -2.11. The molecule has 1 aromatic carbocycles. The fourth-order valence-corrected chi connectivity index (χ4v) is 3.12. The Hall–Kier alpha value is -2.83. The Balaban J connectivity index is 1.33. The van der Waals surface area contributed by atoms with Crippen LogP contribution in [0.5, 0.6) is 11.5 Å². The molecule has 2 N–H and O–H groups in total. The average molecular weight is 340 g/mol. The molecule has 1 saturated carbocycles. The minimum Gasteiger partial charge on any atom is -0.454 e. The monoisotopic (exact) mass is 340 g/mol. The van der Waals surface area contributed by atoms with Crippen LogP contribution >= 0.6 is 0 Å². The van der Waals surface area contributed by atoms with Gasteiger partial charge in [-0.3, -0.25) is 4.79 Å². The summed E-state index contributed by atoms with van der Waals surface area (Å²) in [6, 6.07) is 9.53. The van der Waals surface area contributed by atoms with Crippen LogP contribution in [0.3, 0.4) is 0 Å². The largest absolute Gasteiger partial charge is 0.454 e. The fourth-order valence-electron chi connectivity index (χ4n) is 3.12. The Labute approximate surface area is 145 Å². The highest BCUT2D eigenvalue weighted by molar-refractivity contribution is 5.92. The Morgan fingerprint density at radius 1 is 1.08 bits per heavy atom. The summed E-state index contributed by atoms with van der Waals surface area (Å²) in [5.74, 6) is 1.99. The summed E-state index contributed by atoms with van der Waals surface area (Å²) in [5, 5.41) is 14.3. The molecule has 1 fully saturated rings.